The quantitative estimate of drug-likeness (QED) is 0.747. The van der Waals surface area contributed by atoms with Crippen molar-refractivity contribution in [1.29, 1.82) is 0 Å². The van der Waals surface area contributed by atoms with Gasteiger partial charge in [-0.3, -0.25) is 4.79 Å². The first-order chi connectivity index (χ1) is 9.36. The first-order valence-electron chi connectivity index (χ1n) is 6.43. The van der Waals surface area contributed by atoms with Gasteiger partial charge in [-0.25, -0.2) is 4.79 Å². The molecule has 0 saturated heterocycles. The number of benzene rings is 1. The summed E-state index contributed by atoms with van der Waals surface area (Å²) >= 11 is 0. The second-order valence-electron chi connectivity index (χ2n) is 4.79. The Morgan fingerprint density at radius 1 is 1.20 bits per heavy atom. The molecule has 110 valence electrons. The maximum absolute atomic E-state index is 11.6. The van der Waals surface area contributed by atoms with Gasteiger partial charge in [-0.2, -0.15) is 0 Å². The Kier molecular flexibility index (Phi) is 5.83. The molecule has 1 rings (SSSR count). The number of nitrogens with one attached hydrogen (secondary N) is 2. The second kappa shape index (κ2) is 7.37. The van der Waals surface area contributed by atoms with Crippen LogP contribution >= 0.6 is 0 Å². The highest BCUT2D eigenvalue weighted by Gasteiger charge is 2.10. The van der Waals surface area contributed by atoms with Crippen molar-refractivity contribution in [3.05, 3.63) is 24.3 Å². The van der Waals surface area contributed by atoms with Crippen LogP contribution in [0.1, 0.15) is 27.2 Å². The van der Waals surface area contributed by atoms with E-state index in [0.717, 1.165) is 5.75 Å². The third-order valence-corrected chi connectivity index (χ3v) is 2.34. The average Bonchev–Trinajstić information content (AvgIpc) is 2.29. The van der Waals surface area contributed by atoms with Gasteiger partial charge in [-0.05, 0) is 45.0 Å². The summed E-state index contributed by atoms with van der Waals surface area (Å²) in [5.74, 6) is -0.224. The minimum atomic E-state index is -0.951. The molecule has 6 heteroatoms. The van der Waals surface area contributed by atoms with E-state index in [9.17, 15) is 9.59 Å². The maximum atomic E-state index is 11.6. The zero-order valence-electron chi connectivity index (χ0n) is 11.8. The third-order valence-electron chi connectivity index (χ3n) is 2.34. The molecule has 0 aliphatic rings. The maximum Gasteiger partial charge on any atom is 0.319 e. The van der Waals surface area contributed by atoms with E-state index >= 15 is 0 Å². The molecule has 0 saturated carbocycles. The lowest BCUT2D eigenvalue weighted by molar-refractivity contribution is -0.137. The van der Waals surface area contributed by atoms with Crippen LogP contribution in [0.2, 0.25) is 0 Å². The van der Waals surface area contributed by atoms with Crippen LogP contribution in [-0.4, -0.2) is 29.3 Å². The first-order valence-corrected chi connectivity index (χ1v) is 6.43. The molecule has 0 bridgehead atoms. The Bertz CT molecular complexity index is 457. The van der Waals surface area contributed by atoms with E-state index in [0.29, 0.717) is 5.69 Å². The summed E-state index contributed by atoms with van der Waals surface area (Å²) in [4.78, 5) is 22.1. The van der Waals surface area contributed by atoms with Gasteiger partial charge < -0.3 is 20.5 Å². The first kappa shape index (κ1) is 15.8. The molecule has 1 aromatic rings. The number of carbonyl (C=O) groups excluding carboxylic acids is 1. The fourth-order valence-corrected chi connectivity index (χ4v) is 1.59. The summed E-state index contributed by atoms with van der Waals surface area (Å²) in [5, 5.41) is 13.8. The van der Waals surface area contributed by atoms with E-state index in [2.05, 4.69) is 10.6 Å². The molecule has 0 aliphatic heterocycles. The summed E-state index contributed by atoms with van der Waals surface area (Å²) in [6.07, 6.45) is -0.0248. The Hall–Kier alpha value is -2.24. The van der Waals surface area contributed by atoms with E-state index in [4.69, 9.17) is 9.84 Å². The van der Waals surface area contributed by atoms with Crippen LogP contribution in [0.3, 0.4) is 0 Å². The zero-order valence-corrected chi connectivity index (χ0v) is 11.8. The molecule has 0 fully saturated rings. The Morgan fingerprint density at radius 2 is 1.80 bits per heavy atom. The summed E-state index contributed by atoms with van der Waals surface area (Å²) in [5.41, 5.74) is 0.612. The predicted octanol–water partition coefficient (Wildman–Crippen LogP) is 2.46. The van der Waals surface area contributed by atoms with Crippen LogP contribution in [0.25, 0.3) is 0 Å². The molecular formula is C14H20N2O4. The van der Waals surface area contributed by atoms with Gasteiger partial charge in [0.2, 0.25) is 0 Å². The Balaban J connectivity index is 2.47. The number of carbonyl (C=O) groups is 2. The lowest BCUT2D eigenvalue weighted by atomic mass is 10.2. The molecule has 0 aliphatic carbocycles. The standard InChI is InChI=1S/C14H20N2O4/c1-9(2)20-12-6-4-11(5-7-12)16-14(19)15-10(3)8-13(17)18/h4-7,9-10H,8H2,1-3H3,(H,17,18)(H2,15,16,19). The summed E-state index contributed by atoms with van der Waals surface area (Å²) in [7, 11) is 0. The molecule has 20 heavy (non-hydrogen) atoms. The van der Waals surface area contributed by atoms with Crippen LogP contribution in [0.5, 0.6) is 5.75 Å². The van der Waals surface area contributed by atoms with Gasteiger partial charge in [0.25, 0.3) is 0 Å². The van der Waals surface area contributed by atoms with Crippen molar-refractivity contribution in [2.75, 3.05) is 5.32 Å². The number of carboxylic acid groups (broad SMARTS) is 1. The number of carboxylic acids is 1. The van der Waals surface area contributed by atoms with Gasteiger partial charge in [-0.15, -0.1) is 0 Å². The smallest absolute Gasteiger partial charge is 0.319 e. The minimum Gasteiger partial charge on any atom is -0.491 e. The average molecular weight is 280 g/mol. The molecule has 0 radical (unpaired) electrons. The fourth-order valence-electron chi connectivity index (χ4n) is 1.59. The molecule has 0 aromatic heterocycles. The van der Waals surface area contributed by atoms with Crippen LogP contribution in [0.15, 0.2) is 24.3 Å². The van der Waals surface area contributed by atoms with Crippen molar-refractivity contribution in [1.82, 2.24) is 5.32 Å². The highest BCUT2D eigenvalue weighted by Crippen LogP contribution is 2.16. The molecule has 0 spiro atoms. The molecule has 1 unspecified atom stereocenters. The lowest BCUT2D eigenvalue weighted by Crippen LogP contribution is -2.37. The van der Waals surface area contributed by atoms with Gasteiger partial charge in [0.05, 0.1) is 12.5 Å². The van der Waals surface area contributed by atoms with Crippen LogP contribution < -0.4 is 15.4 Å². The molecular weight excluding hydrogens is 260 g/mol. The highest BCUT2D eigenvalue weighted by molar-refractivity contribution is 5.89. The van der Waals surface area contributed by atoms with Crippen molar-refractivity contribution in [2.24, 2.45) is 0 Å². The van der Waals surface area contributed by atoms with Crippen molar-refractivity contribution in [3.63, 3.8) is 0 Å². The largest absolute Gasteiger partial charge is 0.491 e. The summed E-state index contributed by atoms with van der Waals surface area (Å²) in [6.45, 7) is 5.50. The van der Waals surface area contributed by atoms with E-state index in [1.807, 2.05) is 13.8 Å². The summed E-state index contributed by atoms with van der Waals surface area (Å²) in [6, 6.07) is 6.09. The van der Waals surface area contributed by atoms with Gasteiger partial charge in [0, 0.05) is 11.7 Å². The van der Waals surface area contributed by atoms with Crippen LogP contribution in [0.4, 0.5) is 10.5 Å². The van der Waals surface area contributed by atoms with Crippen LogP contribution in [0, 0.1) is 0 Å². The van der Waals surface area contributed by atoms with Crippen molar-refractivity contribution in [3.8, 4) is 5.75 Å². The van der Waals surface area contributed by atoms with E-state index in [1.165, 1.54) is 0 Å². The SMILES string of the molecule is CC(CC(=O)O)NC(=O)Nc1ccc(OC(C)C)cc1. The molecule has 1 atom stereocenters. The highest BCUT2D eigenvalue weighted by atomic mass is 16.5. The number of hydrogen-bond acceptors (Lipinski definition) is 3. The normalized spacial score (nSPS) is 11.8. The number of hydrogen-bond donors (Lipinski definition) is 3. The van der Waals surface area contributed by atoms with E-state index < -0.39 is 18.0 Å². The van der Waals surface area contributed by atoms with Gasteiger partial charge in [0.15, 0.2) is 0 Å². The minimum absolute atomic E-state index is 0.0916. The predicted molar refractivity (Wildman–Crippen MR) is 76.1 cm³/mol. The molecule has 1 aromatic carbocycles. The topological polar surface area (TPSA) is 87.7 Å². The molecule has 3 N–H and O–H groups in total. The Morgan fingerprint density at radius 3 is 2.30 bits per heavy atom. The molecule has 6 nitrogen and oxygen atoms in total. The fraction of sp³-hybridized carbons (Fsp3) is 0.429. The van der Waals surface area contributed by atoms with Crippen molar-refractivity contribution < 1.29 is 19.4 Å². The number of anilines is 1. The van der Waals surface area contributed by atoms with E-state index in [-0.39, 0.29) is 12.5 Å². The lowest BCUT2D eigenvalue weighted by Gasteiger charge is -2.13. The summed E-state index contributed by atoms with van der Waals surface area (Å²) < 4.78 is 5.49. The van der Waals surface area contributed by atoms with Crippen molar-refractivity contribution in [2.45, 2.75) is 39.3 Å². The third kappa shape index (κ3) is 6.08. The van der Waals surface area contributed by atoms with E-state index in [1.54, 1.807) is 31.2 Å². The van der Waals surface area contributed by atoms with Crippen molar-refractivity contribution >= 4 is 17.7 Å². The second-order valence-corrected chi connectivity index (χ2v) is 4.79. The monoisotopic (exact) mass is 280 g/mol. The number of amides is 2. The zero-order chi connectivity index (χ0) is 15.1. The number of aliphatic carboxylic acids is 1. The van der Waals surface area contributed by atoms with Crippen LogP contribution in [-0.2, 0) is 4.79 Å². The molecule has 2 amide bonds. The molecule has 0 heterocycles. The number of rotatable bonds is 6. The number of urea groups is 1. The van der Waals surface area contributed by atoms with Gasteiger partial charge >= 0.3 is 12.0 Å². The Labute approximate surface area is 118 Å². The van der Waals surface area contributed by atoms with Gasteiger partial charge in [-0.1, -0.05) is 0 Å². The number of ether oxygens (including phenoxy) is 1. The van der Waals surface area contributed by atoms with Gasteiger partial charge in [0.1, 0.15) is 5.75 Å².